The highest BCUT2D eigenvalue weighted by Crippen LogP contribution is 2.44. The molecule has 0 spiro atoms. The molecule has 6 nitrogen and oxygen atoms in total. The summed E-state index contributed by atoms with van der Waals surface area (Å²) in [6, 6.07) is 0. The predicted octanol–water partition coefficient (Wildman–Crippen LogP) is 2.96. The normalized spacial score (nSPS) is 15.9. The van der Waals surface area contributed by atoms with Gasteiger partial charge in [-0.15, -0.1) is 9.35 Å². The zero-order valence-electron chi connectivity index (χ0n) is 8.45. The van der Waals surface area contributed by atoms with E-state index in [1.807, 2.05) is 0 Å². The van der Waals surface area contributed by atoms with Crippen LogP contribution in [0.5, 0.6) is 0 Å². The topological polar surface area (TPSA) is 83.9 Å². The number of halogens is 4. The van der Waals surface area contributed by atoms with E-state index >= 15 is 0 Å². The van der Waals surface area contributed by atoms with Gasteiger partial charge >= 0.3 is 11.4 Å². The molecule has 1 unspecified atom stereocenters. The van der Waals surface area contributed by atoms with Gasteiger partial charge < -0.3 is 0 Å². The van der Waals surface area contributed by atoms with Gasteiger partial charge in [0.15, 0.2) is 0 Å². The molecule has 1 aromatic carbocycles. The van der Waals surface area contributed by atoms with Crippen LogP contribution in [0, 0.1) is 0 Å². The summed E-state index contributed by atoms with van der Waals surface area (Å²) in [5.74, 6) is -2.12. The Bertz CT molecular complexity index is 602. The van der Waals surface area contributed by atoms with Crippen LogP contribution in [0.1, 0.15) is 20.7 Å². The number of rotatable bonds is 2. The Morgan fingerprint density at radius 3 is 1.58 bits per heavy atom. The lowest BCUT2D eigenvalue weighted by atomic mass is 10.1. The van der Waals surface area contributed by atoms with E-state index < -0.39 is 23.2 Å². The van der Waals surface area contributed by atoms with Crippen LogP contribution in [0.2, 0.25) is 20.1 Å². The van der Waals surface area contributed by atoms with E-state index in [0.717, 1.165) is 0 Å². The van der Waals surface area contributed by atoms with Crippen LogP contribution in [0.4, 0.5) is 0 Å². The number of fused-ring (bicyclic) bond motifs is 1. The molecule has 19 heavy (non-hydrogen) atoms. The molecule has 1 aliphatic rings. The maximum absolute atomic E-state index is 11.9. The molecule has 2 amide bonds. The highest BCUT2D eigenvalue weighted by molar-refractivity contribution is 7.74. The summed E-state index contributed by atoms with van der Waals surface area (Å²) in [5, 5.41) is -0.940. The van der Waals surface area contributed by atoms with E-state index in [-0.39, 0.29) is 36.3 Å². The summed E-state index contributed by atoms with van der Waals surface area (Å²) >= 11 is 20.2. The average molecular weight is 365 g/mol. The van der Waals surface area contributed by atoms with E-state index in [1.54, 1.807) is 0 Å². The number of hydrogen-bond acceptors (Lipinski definition) is 4. The second kappa shape index (κ2) is 5.17. The van der Waals surface area contributed by atoms with Gasteiger partial charge in [-0.1, -0.05) is 46.4 Å². The van der Waals surface area contributed by atoms with Gasteiger partial charge in [0.1, 0.15) is 0 Å². The number of hydroxylamine groups is 2. The van der Waals surface area contributed by atoms with Gasteiger partial charge in [0.2, 0.25) is 0 Å². The third-order valence-corrected chi connectivity index (χ3v) is 4.28. The van der Waals surface area contributed by atoms with Crippen LogP contribution >= 0.6 is 46.4 Å². The highest BCUT2D eigenvalue weighted by Gasteiger charge is 2.43. The molecule has 1 aromatic rings. The van der Waals surface area contributed by atoms with Crippen molar-refractivity contribution in [1.29, 1.82) is 0 Å². The van der Waals surface area contributed by atoms with Crippen molar-refractivity contribution in [2.24, 2.45) is 0 Å². The number of nitrogens with zero attached hydrogens (tertiary/aromatic N) is 1. The van der Waals surface area contributed by atoms with E-state index in [0.29, 0.717) is 0 Å². The monoisotopic (exact) mass is 363 g/mol. The Morgan fingerprint density at radius 2 is 1.26 bits per heavy atom. The molecule has 0 fully saturated rings. The lowest BCUT2D eigenvalue weighted by Crippen LogP contribution is -2.30. The van der Waals surface area contributed by atoms with Crippen molar-refractivity contribution in [3.8, 4) is 0 Å². The van der Waals surface area contributed by atoms with Crippen LogP contribution in [0.25, 0.3) is 0 Å². The van der Waals surface area contributed by atoms with Crippen molar-refractivity contribution in [2.75, 3.05) is 0 Å². The van der Waals surface area contributed by atoms with Crippen molar-refractivity contribution >= 4 is 69.6 Å². The molecule has 2 rings (SSSR count). The van der Waals surface area contributed by atoms with E-state index in [4.69, 9.17) is 51.0 Å². The van der Waals surface area contributed by atoms with Crippen molar-refractivity contribution < 1.29 is 22.6 Å². The van der Waals surface area contributed by atoms with Crippen molar-refractivity contribution in [2.45, 2.75) is 0 Å². The lowest BCUT2D eigenvalue weighted by molar-refractivity contribution is -0.0112. The number of amides is 2. The molecule has 102 valence electrons. The van der Waals surface area contributed by atoms with Gasteiger partial charge in [-0.25, -0.2) is 0 Å². The van der Waals surface area contributed by atoms with Crippen LogP contribution in [-0.2, 0) is 15.6 Å². The largest absolute Gasteiger partial charge is 0.325 e. The first kappa shape index (κ1) is 15.0. The van der Waals surface area contributed by atoms with Crippen molar-refractivity contribution in [1.82, 2.24) is 5.06 Å². The summed E-state index contributed by atoms with van der Waals surface area (Å²) in [7, 11) is 0. The molecular formula is C8HCl4NO5S. The van der Waals surface area contributed by atoms with Crippen molar-refractivity contribution in [3.63, 3.8) is 0 Å². The maximum atomic E-state index is 11.9. The van der Waals surface area contributed by atoms with Gasteiger partial charge in [0.05, 0.1) is 31.2 Å². The molecule has 1 aliphatic heterocycles. The molecular weight excluding hydrogens is 364 g/mol. The zero-order chi connectivity index (χ0) is 14.5. The maximum Gasteiger partial charge on any atom is 0.325 e. The number of hydrogen-bond donors (Lipinski definition) is 1. The molecule has 0 saturated carbocycles. The van der Waals surface area contributed by atoms with E-state index in [9.17, 15) is 13.8 Å². The minimum Gasteiger partial charge on any atom is -0.282 e. The van der Waals surface area contributed by atoms with E-state index in [1.165, 1.54) is 0 Å². The molecule has 11 heteroatoms. The van der Waals surface area contributed by atoms with Gasteiger partial charge in [0.25, 0.3) is 11.8 Å². The molecule has 1 atom stereocenters. The third kappa shape index (κ3) is 2.25. The molecule has 1 heterocycles. The number of carbonyl (C=O) groups is 2. The van der Waals surface area contributed by atoms with Gasteiger partial charge in [-0.2, -0.15) is 4.21 Å². The Kier molecular flexibility index (Phi) is 4.08. The third-order valence-electron chi connectivity index (χ3n) is 2.20. The quantitative estimate of drug-likeness (QED) is 0.377. The highest BCUT2D eigenvalue weighted by atomic mass is 35.5. The minimum atomic E-state index is -2.88. The summed E-state index contributed by atoms with van der Waals surface area (Å²) in [5.41, 5.74) is -0.673. The Balaban J connectivity index is 2.69. The first-order valence-corrected chi connectivity index (χ1v) is 6.85. The standard InChI is InChI=1S/C8HCl4NO5S/c9-3-1-2(4(10)6(12)5(3)11)8(15)13(7(1)14)18-19(16)17/h(H,16,17). The van der Waals surface area contributed by atoms with Gasteiger partial charge in [-0.3, -0.25) is 14.1 Å². The van der Waals surface area contributed by atoms with Crippen LogP contribution < -0.4 is 0 Å². The summed E-state index contributed by atoms with van der Waals surface area (Å²) in [6.07, 6.45) is 0. The summed E-state index contributed by atoms with van der Waals surface area (Å²) < 4.78 is 23.3. The Hall–Kier alpha value is -0.410. The molecule has 0 saturated heterocycles. The second-order valence-electron chi connectivity index (χ2n) is 3.20. The fourth-order valence-electron chi connectivity index (χ4n) is 1.46. The second-order valence-corrected chi connectivity index (χ2v) is 5.30. The average Bonchev–Trinajstić information content (AvgIpc) is 2.58. The van der Waals surface area contributed by atoms with E-state index in [2.05, 4.69) is 4.28 Å². The summed E-state index contributed by atoms with van der Waals surface area (Å²) in [6.45, 7) is 0. The fourth-order valence-corrected chi connectivity index (χ4v) is 2.74. The molecule has 0 radical (unpaired) electrons. The number of benzene rings is 1. The van der Waals surface area contributed by atoms with Gasteiger partial charge in [-0.05, 0) is 0 Å². The Labute approximate surface area is 128 Å². The van der Waals surface area contributed by atoms with Crippen LogP contribution in [0.3, 0.4) is 0 Å². The Morgan fingerprint density at radius 1 is 0.895 bits per heavy atom. The molecule has 0 aromatic heterocycles. The van der Waals surface area contributed by atoms with Crippen LogP contribution in [-0.4, -0.2) is 25.6 Å². The fraction of sp³-hybridized carbons (Fsp3) is 0. The first-order chi connectivity index (χ1) is 8.77. The van der Waals surface area contributed by atoms with Crippen molar-refractivity contribution in [3.05, 3.63) is 31.2 Å². The number of carbonyl (C=O) groups excluding carboxylic acids is 2. The molecule has 0 aliphatic carbocycles. The lowest BCUT2D eigenvalue weighted by Gasteiger charge is -2.08. The SMILES string of the molecule is O=C1c2c(Cl)c(Cl)c(Cl)c(Cl)c2C(=O)N1OS(=O)O. The zero-order valence-corrected chi connectivity index (χ0v) is 12.3. The molecule has 1 N–H and O–H groups in total. The smallest absolute Gasteiger partial charge is 0.282 e. The number of imide groups is 1. The minimum absolute atomic E-state index is 0.0607. The summed E-state index contributed by atoms with van der Waals surface area (Å²) in [4.78, 5) is 23.7. The first-order valence-electron chi connectivity index (χ1n) is 4.31. The predicted molar refractivity (Wildman–Crippen MR) is 68.8 cm³/mol. The molecule has 0 bridgehead atoms. The van der Waals surface area contributed by atoms with Crippen LogP contribution in [0.15, 0.2) is 0 Å². The van der Waals surface area contributed by atoms with Gasteiger partial charge in [0, 0.05) is 0 Å².